The quantitative estimate of drug-likeness (QED) is 0.506. The van der Waals surface area contributed by atoms with Crippen LogP contribution < -0.4 is 17.0 Å². The number of rotatable bonds is 0. The number of anilines is 1. The van der Waals surface area contributed by atoms with E-state index in [9.17, 15) is 4.79 Å². The highest BCUT2D eigenvalue weighted by atomic mass is 16.1. The fraction of sp³-hybridized carbons (Fsp3) is 0.375. The normalized spacial score (nSPS) is 24.6. The number of aromatic nitrogens is 2. The SMILES string of the molecule is CC1=NC(C)(N)c2c1nc(N)[nH]c2=O. The Kier molecular flexibility index (Phi) is 1.53. The van der Waals surface area contributed by atoms with Gasteiger partial charge >= 0.3 is 0 Å². The molecule has 6 heteroatoms. The predicted octanol–water partition coefficient (Wildman–Crippen LogP) is -0.694. The van der Waals surface area contributed by atoms with Crippen molar-refractivity contribution in [1.29, 1.82) is 0 Å². The number of nitrogen functional groups attached to an aromatic ring is 1. The molecule has 0 amide bonds. The Labute approximate surface area is 80.1 Å². The van der Waals surface area contributed by atoms with E-state index < -0.39 is 5.66 Å². The first kappa shape index (κ1) is 8.89. The zero-order chi connectivity index (χ0) is 10.5. The number of hydrogen-bond donors (Lipinski definition) is 3. The average Bonchev–Trinajstić information content (AvgIpc) is 2.21. The van der Waals surface area contributed by atoms with Crippen LogP contribution in [0.1, 0.15) is 25.1 Å². The highest BCUT2D eigenvalue weighted by molar-refractivity contribution is 6.01. The zero-order valence-electron chi connectivity index (χ0n) is 7.96. The molecule has 6 nitrogen and oxygen atoms in total. The van der Waals surface area contributed by atoms with Crippen molar-refractivity contribution < 1.29 is 0 Å². The second-order valence-corrected chi connectivity index (χ2v) is 3.52. The van der Waals surface area contributed by atoms with Crippen LogP contribution in [0.2, 0.25) is 0 Å². The van der Waals surface area contributed by atoms with Gasteiger partial charge in [0.05, 0.1) is 11.3 Å². The Balaban J connectivity index is 2.83. The monoisotopic (exact) mass is 193 g/mol. The number of nitrogens with one attached hydrogen (secondary N) is 1. The molecule has 1 unspecified atom stereocenters. The molecule has 0 aliphatic carbocycles. The maximum atomic E-state index is 11.6. The molecular weight excluding hydrogens is 182 g/mol. The van der Waals surface area contributed by atoms with Crippen molar-refractivity contribution in [1.82, 2.24) is 9.97 Å². The molecule has 0 bridgehead atoms. The molecule has 0 saturated carbocycles. The van der Waals surface area contributed by atoms with Gasteiger partial charge in [-0.15, -0.1) is 0 Å². The van der Waals surface area contributed by atoms with Gasteiger partial charge in [0.25, 0.3) is 5.56 Å². The van der Waals surface area contributed by atoms with E-state index in [0.29, 0.717) is 17.0 Å². The number of aliphatic imine (C=N–C) groups is 1. The van der Waals surface area contributed by atoms with Crippen LogP contribution in [0.25, 0.3) is 0 Å². The minimum atomic E-state index is -0.992. The van der Waals surface area contributed by atoms with Crippen LogP contribution in [-0.2, 0) is 5.66 Å². The Bertz CT molecular complexity index is 485. The van der Waals surface area contributed by atoms with Gasteiger partial charge in [-0.3, -0.25) is 14.8 Å². The topological polar surface area (TPSA) is 110 Å². The highest BCUT2D eigenvalue weighted by Gasteiger charge is 2.34. The minimum Gasteiger partial charge on any atom is -0.369 e. The molecule has 0 fully saturated rings. The summed E-state index contributed by atoms with van der Waals surface area (Å²) < 4.78 is 0. The molecule has 0 spiro atoms. The van der Waals surface area contributed by atoms with Crippen molar-refractivity contribution in [3.63, 3.8) is 0 Å². The first-order valence-corrected chi connectivity index (χ1v) is 4.18. The number of nitrogens with two attached hydrogens (primary N) is 2. The lowest BCUT2D eigenvalue weighted by Gasteiger charge is -2.13. The van der Waals surface area contributed by atoms with E-state index >= 15 is 0 Å². The van der Waals surface area contributed by atoms with Gasteiger partial charge in [-0.1, -0.05) is 0 Å². The predicted molar refractivity (Wildman–Crippen MR) is 53.0 cm³/mol. The molecule has 0 radical (unpaired) electrons. The third-order valence-corrected chi connectivity index (χ3v) is 2.19. The van der Waals surface area contributed by atoms with E-state index in [4.69, 9.17) is 11.5 Å². The molecule has 1 aliphatic heterocycles. The maximum Gasteiger partial charge on any atom is 0.259 e. The van der Waals surface area contributed by atoms with E-state index in [1.165, 1.54) is 0 Å². The van der Waals surface area contributed by atoms with E-state index in [-0.39, 0.29) is 11.5 Å². The summed E-state index contributed by atoms with van der Waals surface area (Å²) in [5.41, 5.74) is 11.5. The Morgan fingerprint density at radius 1 is 1.50 bits per heavy atom. The molecule has 1 aromatic heterocycles. The molecule has 2 rings (SSSR count). The van der Waals surface area contributed by atoms with Crippen molar-refractivity contribution in [3.8, 4) is 0 Å². The average molecular weight is 193 g/mol. The zero-order valence-corrected chi connectivity index (χ0v) is 7.96. The summed E-state index contributed by atoms with van der Waals surface area (Å²) in [6.45, 7) is 3.41. The van der Waals surface area contributed by atoms with Crippen molar-refractivity contribution in [2.45, 2.75) is 19.5 Å². The molecule has 74 valence electrons. The first-order chi connectivity index (χ1) is 6.42. The van der Waals surface area contributed by atoms with Crippen LogP contribution in [0.3, 0.4) is 0 Å². The lowest BCUT2D eigenvalue weighted by molar-refractivity contribution is 0.528. The molecular formula is C8H11N5O. The molecule has 0 aromatic carbocycles. The van der Waals surface area contributed by atoms with Crippen LogP contribution >= 0.6 is 0 Å². The van der Waals surface area contributed by atoms with Crippen LogP contribution in [0.4, 0.5) is 5.95 Å². The molecule has 1 atom stereocenters. The molecule has 5 N–H and O–H groups in total. The van der Waals surface area contributed by atoms with Crippen LogP contribution in [0.5, 0.6) is 0 Å². The van der Waals surface area contributed by atoms with Crippen LogP contribution in [-0.4, -0.2) is 15.7 Å². The van der Waals surface area contributed by atoms with Crippen molar-refractivity contribution in [2.75, 3.05) is 5.73 Å². The van der Waals surface area contributed by atoms with Gasteiger partial charge in [0.2, 0.25) is 5.95 Å². The second-order valence-electron chi connectivity index (χ2n) is 3.52. The molecule has 14 heavy (non-hydrogen) atoms. The molecule has 1 aliphatic rings. The fourth-order valence-corrected chi connectivity index (χ4v) is 1.68. The van der Waals surface area contributed by atoms with Crippen LogP contribution in [0.15, 0.2) is 9.79 Å². The van der Waals surface area contributed by atoms with Gasteiger partial charge in [0.1, 0.15) is 11.4 Å². The largest absolute Gasteiger partial charge is 0.369 e. The molecule has 1 aromatic rings. The molecule has 0 saturated heterocycles. The van der Waals surface area contributed by atoms with Gasteiger partial charge in [-0.25, -0.2) is 4.98 Å². The number of fused-ring (bicyclic) bond motifs is 1. The van der Waals surface area contributed by atoms with Gasteiger partial charge in [-0.2, -0.15) is 0 Å². The van der Waals surface area contributed by atoms with Gasteiger partial charge in [0.15, 0.2) is 0 Å². The minimum absolute atomic E-state index is 0.0843. The standard InChI is InChI=1S/C8H11N5O/c1-3-5-4(8(2,10)13-3)6(14)12-7(9)11-5/h10H2,1-2H3,(H3,9,11,12,14). The molecule has 2 heterocycles. The summed E-state index contributed by atoms with van der Waals surface area (Å²) in [7, 11) is 0. The number of aromatic amines is 1. The van der Waals surface area contributed by atoms with E-state index in [1.54, 1.807) is 13.8 Å². The van der Waals surface area contributed by atoms with E-state index in [0.717, 1.165) is 0 Å². The summed E-state index contributed by atoms with van der Waals surface area (Å²) in [5, 5.41) is 0. The van der Waals surface area contributed by atoms with E-state index in [2.05, 4.69) is 15.0 Å². The summed E-state index contributed by atoms with van der Waals surface area (Å²) in [4.78, 5) is 22.1. The lowest BCUT2D eigenvalue weighted by atomic mass is 10.1. The Morgan fingerprint density at radius 2 is 2.14 bits per heavy atom. The summed E-state index contributed by atoms with van der Waals surface area (Å²) >= 11 is 0. The Hall–Kier alpha value is -1.69. The maximum absolute atomic E-state index is 11.6. The van der Waals surface area contributed by atoms with Crippen molar-refractivity contribution in [2.24, 2.45) is 10.7 Å². The highest BCUT2D eigenvalue weighted by Crippen LogP contribution is 2.26. The van der Waals surface area contributed by atoms with Crippen LogP contribution in [0, 0.1) is 0 Å². The summed E-state index contributed by atoms with van der Waals surface area (Å²) in [5.74, 6) is 0.0843. The second kappa shape index (κ2) is 2.42. The number of nitrogens with zero attached hydrogens (tertiary/aromatic N) is 2. The first-order valence-electron chi connectivity index (χ1n) is 4.18. The van der Waals surface area contributed by atoms with Crippen molar-refractivity contribution >= 4 is 11.7 Å². The fourth-order valence-electron chi connectivity index (χ4n) is 1.68. The Morgan fingerprint density at radius 3 is 2.79 bits per heavy atom. The summed E-state index contributed by atoms with van der Waals surface area (Å²) in [6, 6.07) is 0. The van der Waals surface area contributed by atoms with E-state index in [1.807, 2.05) is 0 Å². The van der Waals surface area contributed by atoms with Gasteiger partial charge in [-0.05, 0) is 13.8 Å². The lowest BCUT2D eigenvalue weighted by Crippen LogP contribution is -2.35. The smallest absolute Gasteiger partial charge is 0.259 e. The van der Waals surface area contributed by atoms with Gasteiger partial charge < -0.3 is 11.5 Å². The van der Waals surface area contributed by atoms with Crippen molar-refractivity contribution in [3.05, 3.63) is 21.6 Å². The number of H-pyrrole nitrogens is 1. The third kappa shape index (κ3) is 1.04. The summed E-state index contributed by atoms with van der Waals surface area (Å²) in [6.07, 6.45) is 0. The van der Waals surface area contributed by atoms with Gasteiger partial charge in [0, 0.05) is 0 Å². The third-order valence-electron chi connectivity index (χ3n) is 2.19. The number of hydrogen-bond acceptors (Lipinski definition) is 5.